The van der Waals surface area contributed by atoms with E-state index < -0.39 is 0 Å². The third-order valence-electron chi connectivity index (χ3n) is 4.32. The Balaban J connectivity index is 1.58. The number of carbonyl (C=O) groups is 1. The quantitative estimate of drug-likeness (QED) is 0.875. The zero-order chi connectivity index (χ0) is 13.2. The molecule has 1 aromatic rings. The molecule has 1 saturated carbocycles. The van der Waals surface area contributed by atoms with Crippen molar-refractivity contribution < 1.29 is 4.79 Å². The van der Waals surface area contributed by atoms with E-state index in [0.717, 1.165) is 22.3 Å². The molecule has 1 amide bonds. The van der Waals surface area contributed by atoms with Crippen molar-refractivity contribution in [2.45, 2.75) is 57.5 Å². The first-order valence-corrected chi connectivity index (χ1v) is 8.03. The Labute approximate surface area is 118 Å². The number of hydrogen-bond donors (Lipinski definition) is 2. The van der Waals surface area contributed by atoms with E-state index in [1.54, 1.807) is 6.20 Å². The van der Waals surface area contributed by atoms with E-state index in [9.17, 15) is 4.79 Å². The fourth-order valence-electron chi connectivity index (χ4n) is 3.31. The second-order valence-electron chi connectivity index (χ2n) is 5.71. The number of hydrogen-bond acceptors (Lipinski definition) is 4. The lowest BCUT2D eigenvalue weighted by atomic mass is 9.77. The van der Waals surface area contributed by atoms with Gasteiger partial charge in [-0.3, -0.25) is 4.79 Å². The number of anilines is 1. The maximum absolute atomic E-state index is 12.2. The van der Waals surface area contributed by atoms with Crippen LogP contribution in [-0.2, 0) is 4.79 Å². The lowest BCUT2D eigenvalue weighted by Crippen LogP contribution is -2.53. The third kappa shape index (κ3) is 2.98. The predicted molar refractivity (Wildman–Crippen MR) is 77.4 cm³/mol. The zero-order valence-electron chi connectivity index (χ0n) is 11.3. The molecule has 1 aromatic heterocycles. The first kappa shape index (κ1) is 13.1. The zero-order valence-corrected chi connectivity index (χ0v) is 12.1. The van der Waals surface area contributed by atoms with Crippen molar-refractivity contribution in [1.29, 1.82) is 0 Å². The molecular weight excluding hydrogens is 258 g/mol. The first-order chi connectivity index (χ1) is 9.22. The van der Waals surface area contributed by atoms with E-state index in [4.69, 9.17) is 0 Å². The molecule has 1 aliphatic carbocycles. The van der Waals surface area contributed by atoms with Crippen LogP contribution in [0.15, 0.2) is 6.20 Å². The van der Waals surface area contributed by atoms with Gasteiger partial charge in [0.2, 0.25) is 5.91 Å². The van der Waals surface area contributed by atoms with Crippen molar-refractivity contribution in [1.82, 2.24) is 10.3 Å². The van der Waals surface area contributed by atoms with Crippen LogP contribution in [0.1, 0.15) is 43.4 Å². The number of piperidine rings is 1. The molecule has 0 aromatic carbocycles. The van der Waals surface area contributed by atoms with Crippen LogP contribution in [0.3, 0.4) is 0 Å². The van der Waals surface area contributed by atoms with Crippen LogP contribution < -0.4 is 10.6 Å². The summed E-state index contributed by atoms with van der Waals surface area (Å²) in [6.07, 6.45) is 9.16. The molecule has 2 heterocycles. The average molecular weight is 279 g/mol. The van der Waals surface area contributed by atoms with Crippen molar-refractivity contribution in [2.75, 3.05) is 5.32 Å². The Morgan fingerprint density at radius 3 is 3.00 bits per heavy atom. The van der Waals surface area contributed by atoms with E-state index in [-0.39, 0.29) is 11.9 Å². The van der Waals surface area contributed by atoms with Gasteiger partial charge in [-0.1, -0.05) is 12.8 Å². The molecule has 2 fully saturated rings. The molecule has 0 spiro atoms. The Kier molecular flexibility index (Phi) is 3.84. The molecule has 5 heteroatoms. The summed E-state index contributed by atoms with van der Waals surface area (Å²) in [5.74, 6) is 0.873. The third-order valence-corrected chi connectivity index (χ3v) is 5.15. The second-order valence-corrected chi connectivity index (χ2v) is 6.95. The molecule has 3 rings (SSSR count). The minimum absolute atomic E-state index is 0.0384. The summed E-state index contributed by atoms with van der Waals surface area (Å²) < 4.78 is 0. The molecule has 1 aliphatic heterocycles. The molecule has 104 valence electrons. The maximum Gasteiger partial charge on any atom is 0.243 e. The number of aryl methyl sites for hydroxylation is 1. The van der Waals surface area contributed by atoms with Crippen LogP contribution in [0.4, 0.5) is 5.13 Å². The van der Waals surface area contributed by atoms with E-state index in [0.29, 0.717) is 6.04 Å². The average Bonchev–Trinajstić information content (AvgIpc) is 2.83. The molecular formula is C14H21N3OS. The summed E-state index contributed by atoms with van der Waals surface area (Å²) in [5.41, 5.74) is 0. The van der Waals surface area contributed by atoms with Crippen molar-refractivity contribution >= 4 is 22.4 Å². The molecule has 19 heavy (non-hydrogen) atoms. The lowest BCUT2D eigenvalue weighted by Gasteiger charge is -2.39. The highest BCUT2D eigenvalue weighted by Gasteiger charge is 2.34. The van der Waals surface area contributed by atoms with E-state index in [1.165, 1.54) is 43.4 Å². The maximum atomic E-state index is 12.2. The molecule has 0 radical (unpaired) electrons. The van der Waals surface area contributed by atoms with Gasteiger partial charge in [-0.25, -0.2) is 4.98 Å². The van der Waals surface area contributed by atoms with Crippen molar-refractivity contribution in [2.24, 2.45) is 5.92 Å². The van der Waals surface area contributed by atoms with Gasteiger partial charge in [0.05, 0.1) is 6.04 Å². The summed E-state index contributed by atoms with van der Waals surface area (Å²) in [7, 11) is 0. The van der Waals surface area contributed by atoms with Crippen LogP contribution in [0.2, 0.25) is 0 Å². The summed E-state index contributed by atoms with van der Waals surface area (Å²) in [4.78, 5) is 17.6. The van der Waals surface area contributed by atoms with Crippen molar-refractivity contribution in [3.8, 4) is 0 Å². The molecule has 1 saturated heterocycles. The van der Waals surface area contributed by atoms with E-state index in [1.807, 2.05) is 6.92 Å². The monoisotopic (exact) mass is 279 g/mol. The number of thiazole rings is 1. The molecule has 4 nitrogen and oxygen atoms in total. The highest BCUT2D eigenvalue weighted by atomic mass is 32.1. The van der Waals surface area contributed by atoms with Gasteiger partial charge in [-0.05, 0) is 38.5 Å². The Hall–Kier alpha value is -0.940. The molecule has 2 aliphatic rings. The van der Waals surface area contributed by atoms with Gasteiger partial charge in [0.25, 0.3) is 0 Å². The fourth-order valence-corrected chi connectivity index (χ4v) is 3.97. The number of aromatic nitrogens is 1. The van der Waals surface area contributed by atoms with Gasteiger partial charge in [-0.15, -0.1) is 11.3 Å². The fraction of sp³-hybridized carbons (Fsp3) is 0.714. The van der Waals surface area contributed by atoms with Gasteiger partial charge in [0.1, 0.15) is 0 Å². The minimum Gasteiger partial charge on any atom is -0.303 e. The number of nitrogens with zero attached hydrogens (tertiary/aromatic N) is 1. The Morgan fingerprint density at radius 2 is 2.21 bits per heavy atom. The van der Waals surface area contributed by atoms with Crippen LogP contribution in [0.5, 0.6) is 0 Å². The van der Waals surface area contributed by atoms with Crippen molar-refractivity contribution in [3.05, 3.63) is 11.1 Å². The summed E-state index contributed by atoms with van der Waals surface area (Å²) >= 11 is 1.53. The van der Waals surface area contributed by atoms with E-state index in [2.05, 4.69) is 15.6 Å². The molecule has 2 N–H and O–H groups in total. The number of fused-ring (bicyclic) bond motifs is 1. The molecule has 3 unspecified atom stereocenters. The van der Waals surface area contributed by atoms with Crippen LogP contribution in [0.25, 0.3) is 0 Å². The summed E-state index contributed by atoms with van der Waals surface area (Å²) in [6.45, 7) is 2.00. The normalized spacial score (nSPS) is 30.7. The Bertz CT molecular complexity index is 459. The van der Waals surface area contributed by atoms with Gasteiger partial charge in [0.15, 0.2) is 5.13 Å². The number of carbonyl (C=O) groups excluding carboxylic acids is 1. The highest BCUT2D eigenvalue weighted by Crippen LogP contribution is 2.32. The SMILES string of the molecule is Cc1cnc(NC(=O)C2CCC3CCCCC3N2)s1. The topological polar surface area (TPSA) is 54.0 Å². The van der Waals surface area contributed by atoms with Gasteiger partial charge in [0, 0.05) is 17.1 Å². The van der Waals surface area contributed by atoms with Crippen LogP contribution in [-0.4, -0.2) is 23.0 Å². The highest BCUT2D eigenvalue weighted by molar-refractivity contribution is 7.15. The molecule has 0 bridgehead atoms. The van der Waals surface area contributed by atoms with Crippen LogP contribution in [0, 0.1) is 12.8 Å². The van der Waals surface area contributed by atoms with Gasteiger partial charge in [-0.2, -0.15) is 0 Å². The number of amides is 1. The smallest absolute Gasteiger partial charge is 0.243 e. The largest absolute Gasteiger partial charge is 0.303 e. The number of nitrogens with one attached hydrogen (secondary N) is 2. The van der Waals surface area contributed by atoms with Gasteiger partial charge >= 0.3 is 0 Å². The first-order valence-electron chi connectivity index (χ1n) is 7.22. The minimum atomic E-state index is -0.0384. The predicted octanol–water partition coefficient (Wildman–Crippen LogP) is 2.70. The Morgan fingerprint density at radius 1 is 1.37 bits per heavy atom. The van der Waals surface area contributed by atoms with Gasteiger partial charge < -0.3 is 10.6 Å². The van der Waals surface area contributed by atoms with E-state index >= 15 is 0 Å². The molecule has 3 atom stereocenters. The lowest BCUT2D eigenvalue weighted by molar-refractivity contribution is -0.119. The van der Waals surface area contributed by atoms with Crippen LogP contribution >= 0.6 is 11.3 Å². The number of rotatable bonds is 2. The standard InChI is InChI=1S/C14H21N3OS/c1-9-8-15-14(19-9)17-13(18)12-7-6-10-4-2-3-5-11(10)16-12/h8,10-12,16H,2-7H2,1H3,(H,15,17,18). The summed E-state index contributed by atoms with van der Waals surface area (Å²) in [5, 5.41) is 7.20. The van der Waals surface area contributed by atoms with Crippen molar-refractivity contribution in [3.63, 3.8) is 0 Å². The summed E-state index contributed by atoms with van der Waals surface area (Å²) in [6, 6.07) is 0.514. The second kappa shape index (κ2) is 5.59.